The van der Waals surface area contributed by atoms with Crippen molar-refractivity contribution in [3.05, 3.63) is 0 Å². The van der Waals surface area contributed by atoms with Gasteiger partial charge in [-0.05, 0) is 63.5 Å². The first-order valence-corrected chi connectivity index (χ1v) is 8.47. The third kappa shape index (κ3) is 3.72. The molecule has 2 heteroatoms. The molecule has 0 radical (unpaired) electrons. The van der Waals surface area contributed by atoms with Crippen LogP contribution in [-0.2, 0) is 0 Å². The summed E-state index contributed by atoms with van der Waals surface area (Å²) in [4.78, 5) is 2.70. The molecule has 1 unspecified atom stereocenters. The van der Waals surface area contributed by atoms with Crippen LogP contribution in [0.15, 0.2) is 0 Å². The Bertz CT molecular complexity index is 260. The summed E-state index contributed by atoms with van der Waals surface area (Å²) < 4.78 is 0. The molecule has 1 N–H and O–H groups in total. The predicted molar refractivity (Wildman–Crippen MR) is 83.5 cm³/mol. The number of nitrogens with zero attached hydrogens (tertiary/aromatic N) is 1. The molecule has 2 nitrogen and oxygen atoms in total. The maximum Gasteiger partial charge on any atom is 0.0220 e. The fourth-order valence-corrected chi connectivity index (χ4v) is 4.03. The van der Waals surface area contributed by atoms with E-state index >= 15 is 0 Å². The summed E-state index contributed by atoms with van der Waals surface area (Å²) in [5, 5.41) is 3.56. The fourth-order valence-electron chi connectivity index (χ4n) is 4.03. The van der Waals surface area contributed by atoms with Gasteiger partial charge >= 0.3 is 0 Å². The first kappa shape index (κ1) is 15.3. The molecule has 0 spiro atoms. The zero-order valence-corrected chi connectivity index (χ0v) is 13.5. The first-order chi connectivity index (χ1) is 9.04. The molecule has 2 aliphatic rings. The summed E-state index contributed by atoms with van der Waals surface area (Å²) in [6.45, 7) is 9.71. The van der Waals surface area contributed by atoms with E-state index in [2.05, 4.69) is 38.0 Å². The third-order valence-corrected chi connectivity index (χ3v) is 6.14. The van der Waals surface area contributed by atoms with E-state index in [1.54, 1.807) is 0 Å². The van der Waals surface area contributed by atoms with E-state index in [4.69, 9.17) is 0 Å². The summed E-state index contributed by atoms with van der Waals surface area (Å²) in [5.74, 6) is 0.951. The van der Waals surface area contributed by atoms with Crippen LogP contribution in [0.3, 0.4) is 0 Å². The lowest BCUT2D eigenvalue weighted by Gasteiger charge is -2.44. The van der Waals surface area contributed by atoms with E-state index in [0.29, 0.717) is 5.41 Å². The van der Waals surface area contributed by atoms with Gasteiger partial charge in [0.25, 0.3) is 0 Å². The van der Waals surface area contributed by atoms with Crippen LogP contribution in [0.25, 0.3) is 0 Å². The number of likely N-dealkylation sites (N-methyl/N-ethyl adjacent to an activating group) is 1. The largest absolute Gasteiger partial charge is 0.315 e. The minimum atomic E-state index is 0.552. The van der Waals surface area contributed by atoms with Crippen LogP contribution in [0.2, 0.25) is 0 Å². The molecule has 0 aromatic rings. The van der Waals surface area contributed by atoms with Crippen LogP contribution in [0.1, 0.15) is 65.7 Å². The Hall–Kier alpha value is -0.0800. The van der Waals surface area contributed by atoms with Gasteiger partial charge in [0.2, 0.25) is 0 Å². The van der Waals surface area contributed by atoms with Crippen molar-refractivity contribution in [1.82, 2.24) is 10.2 Å². The van der Waals surface area contributed by atoms with Crippen LogP contribution >= 0.6 is 0 Å². The summed E-state index contributed by atoms with van der Waals surface area (Å²) in [6, 6.07) is 1.63. The SMILES string of the molecule is CCC(C)(C)C1CCC(N(C)C2CCCNC2)CC1. The minimum absolute atomic E-state index is 0.552. The molecular weight excluding hydrogens is 232 g/mol. The zero-order chi connectivity index (χ0) is 13.9. The van der Waals surface area contributed by atoms with E-state index in [1.165, 1.54) is 58.0 Å². The molecule has 1 saturated heterocycles. The third-order valence-electron chi connectivity index (χ3n) is 6.14. The van der Waals surface area contributed by atoms with Crippen molar-refractivity contribution in [3.63, 3.8) is 0 Å². The smallest absolute Gasteiger partial charge is 0.0220 e. The number of nitrogens with one attached hydrogen (secondary N) is 1. The second-order valence-electron chi connectivity index (χ2n) is 7.51. The van der Waals surface area contributed by atoms with E-state index < -0.39 is 0 Å². The van der Waals surface area contributed by atoms with Crippen molar-refractivity contribution in [3.8, 4) is 0 Å². The zero-order valence-electron chi connectivity index (χ0n) is 13.5. The van der Waals surface area contributed by atoms with Gasteiger partial charge in [0.15, 0.2) is 0 Å². The molecule has 19 heavy (non-hydrogen) atoms. The molecular formula is C17H34N2. The van der Waals surface area contributed by atoms with E-state index in [-0.39, 0.29) is 0 Å². The summed E-state index contributed by atoms with van der Waals surface area (Å²) >= 11 is 0. The van der Waals surface area contributed by atoms with Crippen molar-refractivity contribution < 1.29 is 0 Å². The standard InChI is InChI=1S/C17H34N2/c1-5-17(2,3)14-8-10-15(11-9-14)19(4)16-7-6-12-18-13-16/h14-16,18H,5-13H2,1-4H3. The molecule has 1 aliphatic carbocycles. The van der Waals surface area contributed by atoms with Gasteiger partial charge in [-0.2, -0.15) is 0 Å². The lowest BCUT2D eigenvalue weighted by atomic mass is 9.68. The quantitative estimate of drug-likeness (QED) is 0.835. The summed E-state index contributed by atoms with van der Waals surface area (Å²) in [7, 11) is 2.37. The highest BCUT2D eigenvalue weighted by atomic mass is 15.2. The van der Waals surface area contributed by atoms with Gasteiger partial charge in [0, 0.05) is 18.6 Å². The lowest BCUT2D eigenvalue weighted by molar-refractivity contribution is 0.0693. The molecule has 0 aromatic heterocycles. The normalized spacial score (nSPS) is 33.6. The highest BCUT2D eigenvalue weighted by Crippen LogP contribution is 2.41. The van der Waals surface area contributed by atoms with Gasteiger partial charge < -0.3 is 5.32 Å². The molecule has 1 saturated carbocycles. The molecule has 112 valence electrons. The molecule has 1 aliphatic heterocycles. The van der Waals surface area contributed by atoms with Crippen LogP contribution in [0.5, 0.6) is 0 Å². The number of rotatable bonds is 4. The molecule has 0 amide bonds. The van der Waals surface area contributed by atoms with Crippen LogP contribution < -0.4 is 5.32 Å². The van der Waals surface area contributed by atoms with Gasteiger partial charge in [0.1, 0.15) is 0 Å². The Balaban J connectivity index is 1.82. The molecule has 2 rings (SSSR count). The summed E-state index contributed by atoms with van der Waals surface area (Å²) in [6.07, 6.45) is 9.79. The number of hydrogen-bond donors (Lipinski definition) is 1. The monoisotopic (exact) mass is 266 g/mol. The van der Waals surface area contributed by atoms with Crippen molar-refractivity contribution >= 4 is 0 Å². The minimum Gasteiger partial charge on any atom is -0.315 e. The topological polar surface area (TPSA) is 15.3 Å². The average Bonchev–Trinajstić information content (AvgIpc) is 2.47. The number of piperidine rings is 1. The highest BCUT2D eigenvalue weighted by Gasteiger charge is 2.34. The van der Waals surface area contributed by atoms with Crippen LogP contribution in [0, 0.1) is 11.3 Å². The second kappa shape index (κ2) is 6.58. The van der Waals surface area contributed by atoms with Gasteiger partial charge in [-0.1, -0.05) is 27.2 Å². The molecule has 2 fully saturated rings. The Morgan fingerprint density at radius 1 is 1.05 bits per heavy atom. The number of hydrogen-bond acceptors (Lipinski definition) is 2. The van der Waals surface area contributed by atoms with Gasteiger partial charge in [-0.15, -0.1) is 0 Å². The van der Waals surface area contributed by atoms with E-state index in [0.717, 1.165) is 18.0 Å². The Morgan fingerprint density at radius 3 is 2.26 bits per heavy atom. The Morgan fingerprint density at radius 2 is 1.74 bits per heavy atom. The Labute approximate surface area is 120 Å². The highest BCUT2D eigenvalue weighted by molar-refractivity contribution is 4.88. The average molecular weight is 266 g/mol. The van der Waals surface area contributed by atoms with Crippen molar-refractivity contribution in [1.29, 1.82) is 0 Å². The van der Waals surface area contributed by atoms with Gasteiger partial charge in [-0.3, -0.25) is 4.90 Å². The molecule has 1 atom stereocenters. The van der Waals surface area contributed by atoms with Crippen LogP contribution in [0.4, 0.5) is 0 Å². The summed E-state index contributed by atoms with van der Waals surface area (Å²) in [5.41, 5.74) is 0.552. The Kier molecular flexibility index (Phi) is 5.30. The van der Waals surface area contributed by atoms with E-state index in [1.807, 2.05) is 0 Å². The predicted octanol–water partition coefficient (Wildman–Crippen LogP) is 3.67. The van der Waals surface area contributed by atoms with Gasteiger partial charge in [-0.25, -0.2) is 0 Å². The molecule has 1 heterocycles. The maximum absolute atomic E-state index is 3.56. The van der Waals surface area contributed by atoms with Crippen molar-refractivity contribution in [2.45, 2.75) is 77.8 Å². The van der Waals surface area contributed by atoms with E-state index in [9.17, 15) is 0 Å². The van der Waals surface area contributed by atoms with Crippen LogP contribution in [-0.4, -0.2) is 37.1 Å². The van der Waals surface area contributed by atoms with Crippen molar-refractivity contribution in [2.24, 2.45) is 11.3 Å². The molecule has 0 aromatic carbocycles. The van der Waals surface area contributed by atoms with Crippen molar-refractivity contribution in [2.75, 3.05) is 20.1 Å². The second-order valence-corrected chi connectivity index (χ2v) is 7.51. The lowest BCUT2D eigenvalue weighted by Crippen LogP contribution is -2.49. The maximum atomic E-state index is 3.56. The van der Waals surface area contributed by atoms with Gasteiger partial charge in [0.05, 0.1) is 0 Å². The first-order valence-electron chi connectivity index (χ1n) is 8.47. The fraction of sp³-hybridized carbons (Fsp3) is 1.00. The molecule has 0 bridgehead atoms.